The Morgan fingerprint density at radius 1 is 0.870 bits per heavy atom. The number of imidazole rings is 1. The van der Waals surface area contributed by atoms with Crippen LogP contribution < -0.4 is 0 Å². The van der Waals surface area contributed by atoms with Gasteiger partial charge in [-0.2, -0.15) is 13.2 Å². The van der Waals surface area contributed by atoms with Crippen LogP contribution in [0.5, 0.6) is 0 Å². The molecule has 0 spiro atoms. The van der Waals surface area contributed by atoms with Crippen molar-refractivity contribution in [2.45, 2.75) is 32.4 Å². The van der Waals surface area contributed by atoms with E-state index in [1.807, 2.05) is 24.3 Å². The molecule has 5 heteroatoms. The maximum atomic E-state index is 12.8. The minimum Gasteiger partial charge on any atom is -0.338 e. The van der Waals surface area contributed by atoms with Crippen molar-refractivity contribution in [1.82, 2.24) is 9.97 Å². The maximum Gasteiger partial charge on any atom is 0.416 e. The van der Waals surface area contributed by atoms with Gasteiger partial charge in [0.1, 0.15) is 5.82 Å². The fraction of sp³-hybridized carbons (Fsp3) is 0.278. The molecule has 0 saturated carbocycles. The molecule has 3 aromatic rings. The molecule has 0 saturated heterocycles. The smallest absolute Gasteiger partial charge is 0.338 e. The summed E-state index contributed by atoms with van der Waals surface area (Å²) >= 11 is 0. The molecule has 0 fully saturated rings. The Bertz CT molecular complexity index is 837. The zero-order valence-corrected chi connectivity index (χ0v) is 13.1. The summed E-state index contributed by atoms with van der Waals surface area (Å²) in [6.07, 6.45) is -4.36. The Hall–Kier alpha value is -2.30. The van der Waals surface area contributed by atoms with Gasteiger partial charge in [0.25, 0.3) is 0 Å². The molecule has 1 N–H and O–H groups in total. The number of aromatic nitrogens is 2. The van der Waals surface area contributed by atoms with Gasteiger partial charge < -0.3 is 4.98 Å². The van der Waals surface area contributed by atoms with Gasteiger partial charge in [-0.1, -0.05) is 45.0 Å². The molecular formula is C18H17F3N2. The number of aromatic amines is 1. The average Bonchev–Trinajstić information content (AvgIpc) is 2.88. The number of benzene rings is 2. The Morgan fingerprint density at radius 2 is 1.48 bits per heavy atom. The summed E-state index contributed by atoms with van der Waals surface area (Å²) < 4.78 is 38.3. The van der Waals surface area contributed by atoms with Crippen LogP contribution in [0.15, 0.2) is 42.5 Å². The van der Waals surface area contributed by atoms with Crippen LogP contribution in [0.3, 0.4) is 0 Å². The van der Waals surface area contributed by atoms with Gasteiger partial charge in [0.05, 0.1) is 16.6 Å². The lowest BCUT2D eigenvalue weighted by molar-refractivity contribution is -0.137. The summed E-state index contributed by atoms with van der Waals surface area (Å²) in [5, 5.41) is 0. The molecule has 1 heterocycles. The highest BCUT2D eigenvalue weighted by molar-refractivity contribution is 5.80. The Morgan fingerprint density at radius 3 is 2.04 bits per heavy atom. The number of nitrogens with zero attached hydrogens (tertiary/aromatic N) is 1. The van der Waals surface area contributed by atoms with Crippen LogP contribution >= 0.6 is 0 Å². The summed E-state index contributed by atoms with van der Waals surface area (Å²) in [6.45, 7) is 6.38. The highest BCUT2D eigenvalue weighted by Gasteiger charge is 2.30. The van der Waals surface area contributed by atoms with E-state index in [0.29, 0.717) is 16.9 Å². The van der Waals surface area contributed by atoms with E-state index >= 15 is 0 Å². The van der Waals surface area contributed by atoms with Gasteiger partial charge in [-0.15, -0.1) is 0 Å². The van der Waals surface area contributed by atoms with Crippen LogP contribution in [0.2, 0.25) is 0 Å². The molecule has 0 unspecified atom stereocenters. The van der Waals surface area contributed by atoms with Crippen molar-refractivity contribution < 1.29 is 13.2 Å². The van der Waals surface area contributed by atoms with Crippen molar-refractivity contribution in [3.8, 4) is 11.4 Å². The molecule has 0 aliphatic rings. The number of halogens is 3. The standard InChI is InChI=1S/C18H17F3N2/c1-17(2,3)12-6-4-11(5-7-12)16-22-14-9-8-13(18(19,20)21)10-15(14)23-16/h4-10H,1-3H3,(H,22,23). The van der Waals surface area contributed by atoms with Gasteiger partial charge in [-0.05, 0) is 29.2 Å². The minimum absolute atomic E-state index is 0.0496. The summed E-state index contributed by atoms with van der Waals surface area (Å²) in [5.41, 5.74) is 2.31. The first-order valence-electron chi connectivity index (χ1n) is 7.32. The Labute approximate surface area is 132 Å². The van der Waals surface area contributed by atoms with Crippen LogP contribution in [0.25, 0.3) is 22.4 Å². The molecule has 0 atom stereocenters. The zero-order chi connectivity index (χ0) is 16.8. The van der Waals surface area contributed by atoms with Crippen LogP contribution in [0.4, 0.5) is 13.2 Å². The maximum absolute atomic E-state index is 12.8. The van der Waals surface area contributed by atoms with E-state index in [0.717, 1.165) is 17.7 Å². The number of fused-ring (bicyclic) bond motifs is 1. The van der Waals surface area contributed by atoms with Gasteiger partial charge in [0, 0.05) is 5.56 Å². The van der Waals surface area contributed by atoms with Crippen molar-refractivity contribution in [3.05, 3.63) is 53.6 Å². The summed E-state index contributed by atoms with van der Waals surface area (Å²) in [5.74, 6) is 0.569. The second kappa shape index (κ2) is 5.11. The second-order valence-electron chi connectivity index (χ2n) is 6.64. The summed E-state index contributed by atoms with van der Waals surface area (Å²) in [4.78, 5) is 7.36. The third-order valence-electron chi connectivity index (χ3n) is 3.83. The van der Waals surface area contributed by atoms with Crippen LogP contribution in [-0.2, 0) is 11.6 Å². The Balaban J connectivity index is 2.00. The molecule has 0 bridgehead atoms. The third-order valence-corrected chi connectivity index (χ3v) is 3.83. The molecule has 0 radical (unpaired) electrons. The van der Waals surface area contributed by atoms with Crippen molar-refractivity contribution >= 4 is 11.0 Å². The molecule has 1 aromatic heterocycles. The lowest BCUT2D eigenvalue weighted by Gasteiger charge is -2.18. The van der Waals surface area contributed by atoms with E-state index in [1.165, 1.54) is 11.6 Å². The fourth-order valence-electron chi connectivity index (χ4n) is 2.45. The molecule has 0 aliphatic carbocycles. The molecular weight excluding hydrogens is 301 g/mol. The number of hydrogen-bond acceptors (Lipinski definition) is 1. The molecule has 3 rings (SSSR count). The van der Waals surface area contributed by atoms with Gasteiger partial charge in [-0.3, -0.25) is 0 Å². The average molecular weight is 318 g/mol. The monoisotopic (exact) mass is 318 g/mol. The molecule has 2 aromatic carbocycles. The first kappa shape index (κ1) is 15.6. The molecule has 23 heavy (non-hydrogen) atoms. The highest BCUT2D eigenvalue weighted by Crippen LogP contribution is 2.32. The van der Waals surface area contributed by atoms with Crippen LogP contribution in [0, 0.1) is 0 Å². The van der Waals surface area contributed by atoms with Crippen LogP contribution in [-0.4, -0.2) is 9.97 Å². The number of alkyl halides is 3. The van der Waals surface area contributed by atoms with E-state index in [1.54, 1.807) is 0 Å². The normalized spacial score (nSPS) is 12.8. The van der Waals surface area contributed by atoms with Gasteiger partial charge in [-0.25, -0.2) is 4.98 Å². The van der Waals surface area contributed by atoms with E-state index in [4.69, 9.17) is 0 Å². The minimum atomic E-state index is -4.36. The molecule has 2 nitrogen and oxygen atoms in total. The van der Waals surface area contributed by atoms with E-state index in [-0.39, 0.29) is 5.41 Å². The third kappa shape index (κ3) is 3.09. The number of rotatable bonds is 1. The van der Waals surface area contributed by atoms with E-state index in [2.05, 4.69) is 30.7 Å². The van der Waals surface area contributed by atoms with Crippen molar-refractivity contribution in [1.29, 1.82) is 0 Å². The van der Waals surface area contributed by atoms with Gasteiger partial charge in [0.15, 0.2) is 0 Å². The number of hydrogen-bond donors (Lipinski definition) is 1. The SMILES string of the molecule is CC(C)(C)c1ccc(-c2nc3cc(C(F)(F)F)ccc3[nH]2)cc1. The summed E-state index contributed by atoms with van der Waals surface area (Å²) in [7, 11) is 0. The fourth-order valence-corrected chi connectivity index (χ4v) is 2.45. The van der Waals surface area contributed by atoms with Crippen molar-refractivity contribution in [3.63, 3.8) is 0 Å². The first-order valence-corrected chi connectivity index (χ1v) is 7.32. The topological polar surface area (TPSA) is 28.7 Å². The predicted molar refractivity (Wildman–Crippen MR) is 85.2 cm³/mol. The van der Waals surface area contributed by atoms with Crippen LogP contribution in [0.1, 0.15) is 31.9 Å². The molecule has 0 aliphatic heterocycles. The van der Waals surface area contributed by atoms with Gasteiger partial charge >= 0.3 is 6.18 Å². The van der Waals surface area contributed by atoms with Gasteiger partial charge in [0.2, 0.25) is 0 Å². The first-order chi connectivity index (χ1) is 10.6. The van der Waals surface area contributed by atoms with Crippen molar-refractivity contribution in [2.24, 2.45) is 0 Å². The van der Waals surface area contributed by atoms with Crippen molar-refractivity contribution in [2.75, 3.05) is 0 Å². The molecule has 0 amide bonds. The Kier molecular flexibility index (Phi) is 3.47. The number of nitrogens with one attached hydrogen (secondary N) is 1. The quantitative estimate of drug-likeness (QED) is 0.626. The second-order valence-corrected chi connectivity index (χ2v) is 6.64. The van der Waals surface area contributed by atoms with E-state index < -0.39 is 11.7 Å². The molecule has 120 valence electrons. The highest BCUT2D eigenvalue weighted by atomic mass is 19.4. The predicted octanol–water partition coefficient (Wildman–Crippen LogP) is 5.55. The summed E-state index contributed by atoms with van der Waals surface area (Å²) in [6, 6.07) is 11.4. The largest absolute Gasteiger partial charge is 0.416 e. The lowest BCUT2D eigenvalue weighted by Crippen LogP contribution is -2.10. The zero-order valence-electron chi connectivity index (χ0n) is 13.1. The lowest BCUT2D eigenvalue weighted by atomic mass is 9.87. The number of H-pyrrole nitrogens is 1. The van der Waals surface area contributed by atoms with E-state index in [9.17, 15) is 13.2 Å².